The number of hydrogen-bond acceptors (Lipinski definition) is 5. The first-order valence-corrected chi connectivity index (χ1v) is 11.2. The minimum absolute atomic E-state index is 0.236. The molecule has 7 heteroatoms. The number of aromatic nitrogens is 2. The van der Waals surface area contributed by atoms with Crippen LogP contribution in [0.4, 0.5) is 5.69 Å². The van der Waals surface area contributed by atoms with E-state index in [9.17, 15) is 8.42 Å². The van der Waals surface area contributed by atoms with Crippen LogP contribution >= 0.6 is 0 Å². The normalized spacial score (nSPS) is 17.7. The van der Waals surface area contributed by atoms with Gasteiger partial charge in [0.1, 0.15) is 12.4 Å². The molecule has 6 nitrogen and oxygen atoms in total. The van der Waals surface area contributed by atoms with Crippen molar-refractivity contribution < 1.29 is 13.2 Å². The summed E-state index contributed by atoms with van der Waals surface area (Å²) in [5, 5.41) is 0. The molecule has 0 spiro atoms. The largest absolute Gasteiger partial charge is 0.490 e. The van der Waals surface area contributed by atoms with Crippen molar-refractivity contribution in [3.8, 4) is 5.75 Å². The number of pyridine rings is 1. The lowest BCUT2D eigenvalue weighted by molar-refractivity contribution is 0.310. The fourth-order valence-corrected chi connectivity index (χ4v) is 5.78. The van der Waals surface area contributed by atoms with Crippen LogP contribution in [0.5, 0.6) is 5.75 Å². The summed E-state index contributed by atoms with van der Waals surface area (Å²) in [5.74, 6) is 0.995. The van der Waals surface area contributed by atoms with Gasteiger partial charge in [-0.1, -0.05) is 12.8 Å². The molecule has 0 saturated heterocycles. The van der Waals surface area contributed by atoms with E-state index in [4.69, 9.17) is 4.74 Å². The van der Waals surface area contributed by atoms with Gasteiger partial charge in [0.15, 0.2) is 0 Å². The minimum atomic E-state index is -3.75. The van der Waals surface area contributed by atoms with Gasteiger partial charge in [0.25, 0.3) is 10.0 Å². The number of ether oxygens (including phenoxy) is 1. The van der Waals surface area contributed by atoms with E-state index in [-0.39, 0.29) is 4.90 Å². The molecule has 28 heavy (non-hydrogen) atoms. The highest BCUT2D eigenvalue weighted by molar-refractivity contribution is 7.90. The Bertz CT molecular complexity index is 1150. The summed E-state index contributed by atoms with van der Waals surface area (Å²) in [7, 11) is -1.77. The number of fused-ring (bicyclic) bond motifs is 2. The Morgan fingerprint density at radius 3 is 2.82 bits per heavy atom. The Hall–Kier alpha value is -2.54. The second-order valence-electron chi connectivity index (χ2n) is 7.64. The highest BCUT2D eigenvalue weighted by Gasteiger charge is 2.28. The minimum Gasteiger partial charge on any atom is -0.490 e. The van der Waals surface area contributed by atoms with Crippen molar-refractivity contribution in [3.05, 3.63) is 48.3 Å². The standard InChI is InChI=1S/C21H23N3O3S/c1-23-11-12-27-20-13-16(8-9-18(20)23)28(25,26)24-14-17(15-5-2-3-6-15)21-19(24)7-4-10-22-21/h4,7-10,13-15H,2-3,5-6,11-12H2,1H3. The molecule has 5 rings (SSSR count). The molecule has 2 aliphatic rings. The third-order valence-electron chi connectivity index (χ3n) is 5.93. The maximum absolute atomic E-state index is 13.5. The van der Waals surface area contributed by atoms with E-state index in [0.717, 1.165) is 36.2 Å². The molecule has 1 aromatic carbocycles. The Morgan fingerprint density at radius 1 is 1.18 bits per heavy atom. The van der Waals surface area contributed by atoms with Gasteiger partial charge in [-0.2, -0.15) is 0 Å². The van der Waals surface area contributed by atoms with Crippen LogP contribution in [-0.2, 0) is 10.0 Å². The Labute approximate surface area is 164 Å². The summed E-state index contributed by atoms with van der Waals surface area (Å²) in [6.45, 7) is 1.34. The van der Waals surface area contributed by atoms with Crippen molar-refractivity contribution in [1.29, 1.82) is 0 Å². The molecule has 3 heterocycles. The molecule has 0 unspecified atom stereocenters. The fourth-order valence-electron chi connectivity index (χ4n) is 4.40. The lowest BCUT2D eigenvalue weighted by atomic mass is 10.00. The molecule has 1 aliphatic heterocycles. The molecule has 2 aromatic heterocycles. The molecule has 1 saturated carbocycles. The number of nitrogens with zero attached hydrogens (tertiary/aromatic N) is 3. The van der Waals surface area contributed by atoms with Crippen molar-refractivity contribution >= 4 is 26.7 Å². The van der Waals surface area contributed by atoms with E-state index in [1.165, 1.54) is 16.8 Å². The summed E-state index contributed by atoms with van der Waals surface area (Å²) in [6, 6.07) is 8.75. The van der Waals surface area contributed by atoms with Gasteiger partial charge >= 0.3 is 0 Å². The number of anilines is 1. The van der Waals surface area contributed by atoms with Crippen LogP contribution < -0.4 is 9.64 Å². The first kappa shape index (κ1) is 17.6. The number of likely N-dealkylation sites (N-methyl/N-ethyl adjacent to an activating group) is 1. The Balaban J connectivity index is 1.65. The second-order valence-corrected chi connectivity index (χ2v) is 9.45. The van der Waals surface area contributed by atoms with E-state index in [1.54, 1.807) is 30.6 Å². The molecule has 1 aliphatic carbocycles. The summed E-state index contributed by atoms with van der Waals surface area (Å²) in [6.07, 6.45) is 8.08. The monoisotopic (exact) mass is 397 g/mol. The van der Waals surface area contributed by atoms with Gasteiger partial charge < -0.3 is 9.64 Å². The molecular formula is C21H23N3O3S. The first-order valence-electron chi connectivity index (χ1n) is 9.75. The topological polar surface area (TPSA) is 64.4 Å². The van der Waals surface area contributed by atoms with Crippen molar-refractivity contribution in [3.63, 3.8) is 0 Å². The van der Waals surface area contributed by atoms with Gasteiger partial charge in [-0.3, -0.25) is 4.98 Å². The van der Waals surface area contributed by atoms with Gasteiger partial charge in [0.2, 0.25) is 0 Å². The molecule has 0 radical (unpaired) electrons. The summed E-state index contributed by atoms with van der Waals surface area (Å²) >= 11 is 0. The highest BCUT2D eigenvalue weighted by Crippen LogP contribution is 2.39. The predicted molar refractivity (Wildman–Crippen MR) is 109 cm³/mol. The molecule has 0 amide bonds. The molecule has 0 bridgehead atoms. The average Bonchev–Trinajstić information content (AvgIpc) is 3.36. The van der Waals surface area contributed by atoms with Crippen LogP contribution in [0, 0.1) is 0 Å². The van der Waals surface area contributed by atoms with Crippen molar-refractivity contribution in [2.24, 2.45) is 0 Å². The zero-order chi connectivity index (χ0) is 19.3. The predicted octanol–water partition coefficient (Wildman–Crippen LogP) is 3.76. The van der Waals surface area contributed by atoms with Gasteiger partial charge in [-0.15, -0.1) is 0 Å². The van der Waals surface area contributed by atoms with Gasteiger partial charge in [-0.25, -0.2) is 12.4 Å². The molecule has 146 valence electrons. The number of rotatable bonds is 3. The van der Waals surface area contributed by atoms with E-state index >= 15 is 0 Å². The van der Waals surface area contributed by atoms with Crippen molar-refractivity contribution in [2.75, 3.05) is 25.1 Å². The summed E-state index contributed by atoms with van der Waals surface area (Å²) in [4.78, 5) is 6.83. The molecular weight excluding hydrogens is 374 g/mol. The quantitative estimate of drug-likeness (QED) is 0.673. The fraction of sp³-hybridized carbons (Fsp3) is 0.381. The zero-order valence-corrected chi connectivity index (χ0v) is 16.7. The van der Waals surface area contributed by atoms with Crippen molar-refractivity contribution in [1.82, 2.24) is 8.96 Å². The number of hydrogen-bond donors (Lipinski definition) is 0. The molecule has 0 N–H and O–H groups in total. The molecule has 1 fully saturated rings. The van der Waals surface area contributed by atoms with Crippen LogP contribution in [0.15, 0.2) is 47.6 Å². The van der Waals surface area contributed by atoms with Crippen LogP contribution in [0.3, 0.4) is 0 Å². The van der Waals surface area contributed by atoms with Gasteiger partial charge in [0.05, 0.1) is 28.2 Å². The lowest BCUT2D eigenvalue weighted by Crippen LogP contribution is -2.29. The van der Waals surface area contributed by atoms with E-state index < -0.39 is 10.0 Å². The maximum Gasteiger partial charge on any atom is 0.268 e. The summed E-state index contributed by atoms with van der Waals surface area (Å²) < 4.78 is 34.1. The number of benzene rings is 1. The third kappa shape index (κ3) is 2.68. The average molecular weight is 398 g/mol. The SMILES string of the molecule is CN1CCOc2cc(S(=O)(=O)n3cc(C4CCCC4)c4ncccc43)ccc21. The van der Waals surface area contributed by atoms with Crippen LogP contribution in [0.25, 0.3) is 11.0 Å². The summed E-state index contributed by atoms with van der Waals surface area (Å²) in [5.41, 5.74) is 3.40. The van der Waals surface area contributed by atoms with Crippen LogP contribution in [0.2, 0.25) is 0 Å². The Kier molecular flexibility index (Phi) is 4.08. The smallest absolute Gasteiger partial charge is 0.268 e. The second kappa shape index (κ2) is 6.51. The van der Waals surface area contributed by atoms with Gasteiger partial charge in [-0.05, 0) is 43.0 Å². The third-order valence-corrected chi connectivity index (χ3v) is 7.60. The van der Waals surface area contributed by atoms with Crippen LogP contribution in [0.1, 0.15) is 37.2 Å². The van der Waals surface area contributed by atoms with Gasteiger partial charge in [0, 0.05) is 31.1 Å². The van der Waals surface area contributed by atoms with Crippen LogP contribution in [-0.4, -0.2) is 37.6 Å². The molecule has 3 aromatic rings. The van der Waals surface area contributed by atoms with E-state index in [2.05, 4.69) is 9.88 Å². The Morgan fingerprint density at radius 2 is 2.00 bits per heavy atom. The van der Waals surface area contributed by atoms with E-state index in [1.807, 2.05) is 19.2 Å². The lowest BCUT2D eigenvalue weighted by Gasteiger charge is -2.27. The zero-order valence-electron chi connectivity index (χ0n) is 15.8. The first-order chi connectivity index (χ1) is 13.6. The molecule has 0 atom stereocenters. The van der Waals surface area contributed by atoms with Crippen molar-refractivity contribution in [2.45, 2.75) is 36.5 Å². The highest BCUT2D eigenvalue weighted by atomic mass is 32.2. The van der Waals surface area contributed by atoms with E-state index in [0.29, 0.717) is 23.8 Å². The maximum atomic E-state index is 13.5.